The largest absolute Gasteiger partial charge is 0.450 e. The maximum atomic E-state index is 10.7. The molecule has 0 aliphatic rings. The van der Waals surface area contributed by atoms with Gasteiger partial charge in [0.2, 0.25) is 0 Å². The summed E-state index contributed by atoms with van der Waals surface area (Å²) in [5.41, 5.74) is -3.90. The van der Waals surface area contributed by atoms with Crippen LogP contribution in [0.25, 0.3) is 0 Å². The normalized spacial score (nSPS) is 15.0. The van der Waals surface area contributed by atoms with Crippen molar-refractivity contribution in [2.24, 2.45) is 0 Å². The van der Waals surface area contributed by atoms with Crippen LogP contribution in [0.4, 0.5) is 14.4 Å². The van der Waals surface area contributed by atoms with Crippen LogP contribution < -0.4 is 0 Å². The summed E-state index contributed by atoms with van der Waals surface area (Å²) < 4.78 is 13.2. The Labute approximate surface area is 122 Å². The van der Waals surface area contributed by atoms with Crippen LogP contribution in [-0.4, -0.2) is 58.0 Å². The van der Waals surface area contributed by atoms with Gasteiger partial charge in [-0.05, 0) is 0 Å². The van der Waals surface area contributed by atoms with Crippen molar-refractivity contribution >= 4 is 51.1 Å². The molecule has 0 saturated heterocycles. The molecule has 0 aromatic rings. The summed E-state index contributed by atoms with van der Waals surface area (Å²) in [5, 5.41) is 18.2. The molecule has 11 heteroatoms. The van der Waals surface area contributed by atoms with E-state index < -0.39 is 47.8 Å². The topological polar surface area (TPSA) is 119 Å². The molecule has 0 aromatic heterocycles. The number of halogens is 3. The van der Waals surface area contributed by atoms with E-state index in [1.807, 2.05) is 0 Å². The van der Waals surface area contributed by atoms with Gasteiger partial charge in [0.15, 0.2) is 12.2 Å². The van der Waals surface area contributed by atoms with Crippen molar-refractivity contribution in [3.63, 3.8) is 0 Å². The fourth-order valence-electron chi connectivity index (χ4n) is 1.08. The molecule has 0 fully saturated rings. The average molecular weight is 340 g/mol. The van der Waals surface area contributed by atoms with E-state index in [2.05, 4.69) is 14.2 Å². The zero-order valence-electron chi connectivity index (χ0n) is 9.12. The summed E-state index contributed by atoms with van der Waals surface area (Å²) in [6, 6.07) is 0. The number of hydrogen-bond acceptors (Lipinski definition) is 8. The average Bonchev–Trinajstić information content (AvgIpc) is 2.29. The molecule has 2 N–H and O–H groups in total. The Morgan fingerprint density at radius 3 is 1.89 bits per heavy atom. The molecule has 0 amide bonds. The Bertz CT molecular complexity index is 336. The molecule has 0 heterocycles. The Hall–Kier alpha value is -0.800. The molecule has 0 radical (unpaired) electrons. The van der Waals surface area contributed by atoms with Crippen molar-refractivity contribution in [3.05, 3.63) is 0 Å². The molecule has 0 rings (SSSR count). The summed E-state index contributed by atoms with van der Waals surface area (Å²) in [6.07, 6.45) is -4.76. The first-order valence-electron chi connectivity index (χ1n) is 4.61. The quantitative estimate of drug-likeness (QED) is 0.524. The first-order chi connectivity index (χ1) is 8.77. The standard InChI is InChI=1S/C8H9Cl3O8/c9-6(14)17-2-4(18-7(10)15)5(3(13)1-12)19-8(11)16/h3-5,12-13H,1-2H2/t3-,4+,5+/m1/s1. The monoisotopic (exact) mass is 338 g/mol. The van der Waals surface area contributed by atoms with Gasteiger partial charge in [0.05, 0.1) is 6.61 Å². The summed E-state index contributed by atoms with van der Waals surface area (Å²) in [5.74, 6) is 0. The molecule has 19 heavy (non-hydrogen) atoms. The molecule has 0 bridgehead atoms. The lowest BCUT2D eigenvalue weighted by atomic mass is 10.1. The lowest BCUT2D eigenvalue weighted by Crippen LogP contribution is -2.46. The van der Waals surface area contributed by atoms with Crippen LogP contribution in [0.5, 0.6) is 0 Å². The fourth-order valence-corrected chi connectivity index (χ4v) is 1.36. The zero-order chi connectivity index (χ0) is 15.0. The number of aliphatic hydroxyl groups is 2. The van der Waals surface area contributed by atoms with E-state index in [1.54, 1.807) is 0 Å². The third-order valence-corrected chi connectivity index (χ3v) is 2.05. The van der Waals surface area contributed by atoms with Crippen LogP contribution in [0.1, 0.15) is 0 Å². The predicted octanol–water partition coefficient (Wildman–Crippen LogP) is 1.20. The van der Waals surface area contributed by atoms with Crippen LogP contribution in [0, 0.1) is 0 Å². The number of hydrogen-bond donors (Lipinski definition) is 2. The molecule has 0 aromatic carbocycles. The van der Waals surface area contributed by atoms with Gasteiger partial charge < -0.3 is 24.4 Å². The van der Waals surface area contributed by atoms with Gasteiger partial charge in [-0.25, -0.2) is 14.4 Å². The molecular formula is C8H9Cl3O8. The summed E-state index contributed by atoms with van der Waals surface area (Å²) in [6.45, 7) is -1.52. The van der Waals surface area contributed by atoms with Crippen molar-refractivity contribution in [2.75, 3.05) is 13.2 Å². The van der Waals surface area contributed by atoms with E-state index in [-0.39, 0.29) is 0 Å². The third kappa shape index (κ3) is 8.06. The minimum absolute atomic E-state index is 0.674. The van der Waals surface area contributed by atoms with Crippen molar-refractivity contribution in [1.29, 1.82) is 0 Å². The lowest BCUT2D eigenvalue weighted by molar-refractivity contribution is -0.0886. The van der Waals surface area contributed by atoms with E-state index in [1.165, 1.54) is 0 Å². The predicted molar refractivity (Wildman–Crippen MR) is 62.5 cm³/mol. The van der Waals surface area contributed by atoms with Crippen molar-refractivity contribution in [2.45, 2.75) is 18.3 Å². The van der Waals surface area contributed by atoms with Gasteiger partial charge in [-0.15, -0.1) is 0 Å². The first kappa shape index (κ1) is 18.2. The molecule has 0 aliphatic heterocycles. The molecule has 110 valence electrons. The maximum Gasteiger partial charge on any atom is 0.404 e. The third-order valence-electron chi connectivity index (χ3n) is 1.77. The molecular weight excluding hydrogens is 330 g/mol. The highest BCUT2D eigenvalue weighted by atomic mass is 35.5. The highest BCUT2D eigenvalue weighted by Gasteiger charge is 2.35. The molecule has 8 nitrogen and oxygen atoms in total. The van der Waals surface area contributed by atoms with E-state index in [0.717, 1.165) is 0 Å². The van der Waals surface area contributed by atoms with E-state index in [0.29, 0.717) is 0 Å². The Morgan fingerprint density at radius 1 is 1.00 bits per heavy atom. The van der Waals surface area contributed by atoms with Crippen LogP contribution in [-0.2, 0) is 14.2 Å². The summed E-state index contributed by atoms with van der Waals surface area (Å²) in [4.78, 5) is 31.7. The van der Waals surface area contributed by atoms with Gasteiger partial charge in [0.25, 0.3) is 0 Å². The van der Waals surface area contributed by atoms with Crippen molar-refractivity contribution < 1.29 is 38.8 Å². The van der Waals surface area contributed by atoms with Gasteiger partial charge in [-0.1, -0.05) is 0 Å². The second-order valence-corrected chi connectivity index (χ2v) is 3.94. The number of carbonyl (C=O) groups is 3. The minimum Gasteiger partial charge on any atom is -0.450 e. The Morgan fingerprint density at radius 2 is 1.53 bits per heavy atom. The van der Waals surface area contributed by atoms with Crippen LogP contribution >= 0.6 is 34.8 Å². The van der Waals surface area contributed by atoms with Crippen LogP contribution in [0.15, 0.2) is 0 Å². The number of rotatable bonds is 7. The highest BCUT2D eigenvalue weighted by Crippen LogP contribution is 2.14. The van der Waals surface area contributed by atoms with Crippen molar-refractivity contribution in [3.8, 4) is 0 Å². The maximum absolute atomic E-state index is 10.7. The second kappa shape index (κ2) is 9.16. The van der Waals surface area contributed by atoms with E-state index in [4.69, 9.17) is 39.9 Å². The lowest BCUT2D eigenvalue weighted by Gasteiger charge is -2.27. The van der Waals surface area contributed by atoms with E-state index >= 15 is 0 Å². The smallest absolute Gasteiger partial charge is 0.404 e. The number of aliphatic hydroxyl groups excluding tert-OH is 2. The molecule has 0 spiro atoms. The zero-order valence-corrected chi connectivity index (χ0v) is 11.4. The van der Waals surface area contributed by atoms with Crippen LogP contribution in [0.2, 0.25) is 0 Å². The first-order valence-corrected chi connectivity index (χ1v) is 5.74. The summed E-state index contributed by atoms with van der Waals surface area (Å²) >= 11 is 14.8. The Kier molecular flexibility index (Phi) is 8.77. The fraction of sp³-hybridized carbons (Fsp3) is 0.625. The molecule has 0 aliphatic carbocycles. The number of carbonyl (C=O) groups excluding carboxylic acids is 3. The van der Waals surface area contributed by atoms with Gasteiger partial charge in [-0.2, -0.15) is 0 Å². The van der Waals surface area contributed by atoms with Gasteiger partial charge in [0, 0.05) is 34.8 Å². The van der Waals surface area contributed by atoms with Crippen molar-refractivity contribution in [1.82, 2.24) is 0 Å². The Balaban J connectivity index is 4.92. The van der Waals surface area contributed by atoms with Gasteiger partial charge in [0.1, 0.15) is 12.7 Å². The minimum atomic E-state index is -1.65. The second-order valence-electron chi connectivity index (χ2n) is 3.01. The van der Waals surface area contributed by atoms with Crippen LogP contribution in [0.3, 0.4) is 0 Å². The van der Waals surface area contributed by atoms with Gasteiger partial charge in [-0.3, -0.25) is 0 Å². The molecule has 0 unspecified atom stereocenters. The van der Waals surface area contributed by atoms with Gasteiger partial charge >= 0.3 is 16.3 Å². The summed E-state index contributed by atoms with van der Waals surface area (Å²) in [7, 11) is 0. The highest BCUT2D eigenvalue weighted by molar-refractivity contribution is 6.61. The molecule has 3 atom stereocenters. The SMILES string of the molecule is O=C(Cl)OC[C@H](OC(=O)Cl)[C@@H](OC(=O)Cl)[C@H](O)CO. The molecule has 0 saturated carbocycles. The van der Waals surface area contributed by atoms with E-state index in [9.17, 15) is 19.5 Å². The number of ether oxygens (including phenoxy) is 3.